The standard InChI is InChI=1S/C30H40N2O7/c1-4-14-32(39-15-5-2)28(33)20-31-19-23(21-10-11-25-22(18-21)12-16-37-25)29(30(34)35)24(31)13-17-38-27-9-7-6-8-26(27)36-3/h6-11,18,23-24,29H,4-5,12-17,19-20H2,1-3H3,(H,34,35)/t23-,24+,29-/m1/s1. The van der Waals surface area contributed by atoms with Crippen LogP contribution in [-0.2, 0) is 20.8 Å². The number of hydrogen-bond donors (Lipinski definition) is 1. The summed E-state index contributed by atoms with van der Waals surface area (Å²) in [5, 5.41) is 11.9. The van der Waals surface area contributed by atoms with Crippen LogP contribution < -0.4 is 14.2 Å². The van der Waals surface area contributed by atoms with E-state index in [0.29, 0.717) is 44.2 Å². The Labute approximate surface area is 230 Å². The van der Waals surface area contributed by atoms with Crippen molar-refractivity contribution in [2.45, 2.75) is 51.5 Å². The van der Waals surface area contributed by atoms with Crippen molar-refractivity contribution in [1.82, 2.24) is 9.96 Å². The summed E-state index contributed by atoms with van der Waals surface area (Å²) in [4.78, 5) is 33.8. The number of nitrogens with zero attached hydrogens (tertiary/aromatic N) is 2. The smallest absolute Gasteiger partial charge is 0.308 e. The Kier molecular flexibility index (Phi) is 10.1. The van der Waals surface area contributed by atoms with E-state index in [0.717, 1.165) is 36.1 Å². The van der Waals surface area contributed by atoms with Gasteiger partial charge in [-0.3, -0.25) is 19.3 Å². The van der Waals surface area contributed by atoms with Crippen molar-refractivity contribution in [2.75, 3.05) is 46.6 Å². The topological polar surface area (TPSA) is 97.8 Å². The summed E-state index contributed by atoms with van der Waals surface area (Å²) in [6, 6.07) is 13.0. The highest BCUT2D eigenvalue weighted by Crippen LogP contribution is 2.41. The summed E-state index contributed by atoms with van der Waals surface area (Å²) in [6.07, 6.45) is 2.82. The summed E-state index contributed by atoms with van der Waals surface area (Å²) >= 11 is 0. The summed E-state index contributed by atoms with van der Waals surface area (Å²) < 4.78 is 17.1. The zero-order valence-electron chi connectivity index (χ0n) is 23.1. The molecule has 1 saturated heterocycles. The van der Waals surface area contributed by atoms with Gasteiger partial charge in [-0.05, 0) is 48.6 Å². The number of amides is 1. The van der Waals surface area contributed by atoms with Gasteiger partial charge in [0, 0.05) is 31.5 Å². The lowest BCUT2D eigenvalue weighted by atomic mass is 9.83. The zero-order valence-corrected chi connectivity index (χ0v) is 23.1. The lowest BCUT2D eigenvalue weighted by Gasteiger charge is -2.29. The van der Waals surface area contributed by atoms with E-state index >= 15 is 0 Å². The third kappa shape index (κ3) is 6.83. The van der Waals surface area contributed by atoms with E-state index in [-0.39, 0.29) is 25.0 Å². The van der Waals surface area contributed by atoms with Crippen LogP contribution in [0.25, 0.3) is 0 Å². The van der Waals surface area contributed by atoms with Gasteiger partial charge in [-0.25, -0.2) is 5.06 Å². The van der Waals surface area contributed by atoms with E-state index in [4.69, 9.17) is 19.0 Å². The molecule has 4 rings (SSSR count). The molecule has 1 N–H and O–H groups in total. The van der Waals surface area contributed by atoms with Gasteiger partial charge in [0.2, 0.25) is 0 Å². The molecule has 2 aromatic carbocycles. The Bertz CT molecular complexity index is 1120. The van der Waals surface area contributed by atoms with Crippen molar-refractivity contribution < 1.29 is 33.7 Å². The minimum absolute atomic E-state index is 0.0807. The van der Waals surface area contributed by atoms with Crippen LogP contribution in [0.3, 0.4) is 0 Å². The largest absolute Gasteiger partial charge is 0.493 e. The predicted molar refractivity (Wildman–Crippen MR) is 146 cm³/mol. The van der Waals surface area contributed by atoms with Crippen molar-refractivity contribution in [3.8, 4) is 17.2 Å². The van der Waals surface area contributed by atoms with Crippen molar-refractivity contribution in [2.24, 2.45) is 5.92 Å². The number of ether oxygens (including phenoxy) is 3. The lowest BCUT2D eigenvalue weighted by Crippen LogP contribution is -2.45. The van der Waals surface area contributed by atoms with E-state index in [1.54, 1.807) is 7.11 Å². The molecule has 39 heavy (non-hydrogen) atoms. The number of para-hydroxylation sites is 2. The van der Waals surface area contributed by atoms with Gasteiger partial charge in [0.1, 0.15) is 5.75 Å². The number of carbonyl (C=O) groups is 2. The number of hydroxylamine groups is 2. The highest BCUT2D eigenvalue weighted by Gasteiger charge is 2.47. The van der Waals surface area contributed by atoms with Crippen LogP contribution in [-0.4, -0.2) is 79.6 Å². The Morgan fingerprint density at radius 3 is 2.62 bits per heavy atom. The number of hydrogen-bond acceptors (Lipinski definition) is 7. The fourth-order valence-electron chi connectivity index (χ4n) is 5.57. The van der Waals surface area contributed by atoms with Crippen LogP contribution in [0.5, 0.6) is 17.2 Å². The van der Waals surface area contributed by atoms with Crippen LogP contribution in [0.1, 0.15) is 50.2 Å². The van der Waals surface area contributed by atoms with Crippen molar-refractivity contribution in [3.05, 3.63) is 53.6 Å². The van der Waals surface area contributed by atoms with E-state index in [1.807, 2.05) is 55.1 Å². The first-order chi connectivity index (χ1) is 19.0. The van der Waals surface area contributed by atoms with Crippen molar-refractivity contribution in [3.63, 3.8) is 0 Å². The van der Waals surface area contributed by atoms with Gasteiger partial charge in [-0.2, -0.15) is 0 Å². The molecule has 2 heterocycles. The number of carboxylic acid groups (broad SMARTS) is 1. The summed E-state index contributed by atoms with van der Waals surface area (Å²) in [7, 11) is 1.59. The predicted octanol–water partition coefficient (Wildman–Crippen LogP) is 4.15. The summed E-state index contributed by atoms with van der Waals surface area (Å²) in [5.41, 5.74) is 2.06. The van der Waals surface area contributed by atoms with E-state index in [1.165, 1.54) is 5.06 Å². The van der Waals surface area contributed by atoms with Gasteiger partial charge in [0.05, 0.1) is 39.4 Å². The number of likely N-dealkylation sites (tertiary alicyclic amines) is 1. The second-order valence-electron chi connectivity index (χ2n) is 10.0. The highest BCUT2D eigenvalue weighted by molar-refractivity contribution is 5.78. The number of benzene rings is 2. The molecule has 9 nitrogen and oxygen atoms in total. The maximum Gasteiger partial charge on any atom is 0.308 e. The summed E-state index contributed by atoms with van der Waals surface area (Å²) in [5.74, 6) is 0.0803. The van der Waals surface area contributed by atoms with Crippen LogP contribution in [0.4, 0.5) is 0 Å². The maximum absolute atomic E-state index is 13.3. The average molecular weight is 541 g/mol. The molecular weight excluding hydrogens is 500 g/mol. The molecule has 1 fully saturated rings. The van der Waals surface area contributed by atoms with Gasteiger partial charge >= 0.3 is 5.97 Å². The molecule has 0 unspecified atom stereocenters. The molecule has 2 aromatic rings. The molecule has 2 aliphatic rings. The molecule has 0 radical (unpaired) electrons. The Morgan fingerprint density at radius 1 is 1.10 bits per heavy atom. The number of rotatable bonds is 14. The third-order valence-electron chi connectivity index (χ3n) is 7.41. The van der Waals surface area contributed by atoms with E-state index in [9.17, 15) is 14.7 Å². The summed E-state index contributed by atoms with van der Waals surface area (Å²) in [6.45, 7) is 6.40. The Balaban J connectivity index is 1.57. The lowest BCUT2D eigenvalue weighted by molar-refractivity contribution is -0.188. The fraction of sp³-hybridized carbons (Fsp3) is 0.533. The van der Waals surface area contributed by atoms with Crippen LogP contribution in [0.15, 0.2) is 42.5 Å². The number of fused-ring (bicyclic) bond motifs is 1. The first kappa shape index (κ1) is 28.7. The first-order valence-corrected chi connectivity index (χ1v) is 13.9. The van der Waals surface area contributed by atoms with E-state index in [2.05, 4.69) is 6.07 Å². The second-order valence-corrected chi connectivity index (χ2v) is 10.0. The molecule has 0 saturated carbocycles. The van der Waals surface area contributed by atoms with Gasteiger partial charge < -0.3 is 19.3 Å². The number of carboxylic acids is 1. The number of aliphatic carboxylic acids is 1. The first-order valence-electron chi connectivity index (χ1n) is 13.9. The van der Waals surface area contributed by atoms with Crippen LogP contribution in [0, 0.1) is 5.92 Å². The van der Waals surface area contributed by atoms with Crippen molar-refractivity contribution >= 4 is 11.9 Å². The molecule has 0 aliphatic carbocycles. The quantitative estimate of drug-likeness (QED) is 0.357. The molecule has 0 aromatic heterocycles. The SMILES string of the molecule is CCCON(CCC)C(=O)CN1C[C@H](c2ccc3c(c2)CCO3)[C@@H](C(=O)O)[C@@H]1CCOc1ccccc1OC. The number of methoxy groups -OCH3 is 1. The maximum atomic E-state index is 13.3. The molecule has 212 valence electrons. The molecule has 1 amide bonds. The normalized spacial score (nSPS) is 20.3. The average Bonchev–Trinajstić information content (AvgIpc) is 3.55. The zero-order chi connectivity index (χ0) is 27.8. The van der Waals surface area contributed by atoms with Crippen LogP contribution in [0.2, 0.25) is 0 Å². The minimum atomic E-state index is -0.873. The Morgan fingerprint density at radius 2 is 1.90 bits per heavy atom. The van der Waals surface area contributed by atoms with Gasteiger partial charge in [-0.1, -0.05) is 38.1 Å². The second kappa shape index (κ2) is 13.7. The monoisotopic (exact) mass is 540 g/mol. The van der Waals surface area contributed by atoms with Crippen molar-refractivity contribution in [1.29, 1.82) is 0 Å². The molecular formula is C30H40N2O7. The molecule has 0 bridgehead atoms. The minimum Gasteiger partial charge on any atom is -0.493 e. The molecule has 0 spiro atoms. The Hall–Kier alpha value is -3.30. The molecule has 9 heteroatoms. The van der Waals surface area contributed by atoms with Gasteiger partial charge in [0.15, 0.2) is 11.5 Å². The van der Waals surface area contributed by atoms with Gasteiger partial charge in [0.25, 0.3) is 5.91 Å². The van der Waals surface area contributed by atoms with Crippen LogP contribution >= 0.6 is 0 Å². The van der Waals surface area contributed by atoms with Gasteiger partial charge in [-0.15, -0.1) is 0 Å². The fourth-order valence-corrected chi connectivity index (χ4v) is 5.57. The molecule has 2 aliphatic heterocycles. The molecule has 3 atom stereocenters. The van der Waals surface area contributed by atoms with E-state index < -0.39 is 17.9 Å². The number of carbonyl (C=O) groups excluding carboxylic acids is 1. The highest BCUT2D eigenvalue weighted by atomic mass is 16.7. The third-order valence-corrected chi connectivity index (χ3v) is 7.41.